The summed E-state index contributed by atoms with van der Waals surface area (Å²) in [6.45, 7) is 2.32. The Labute approximate surface area is 169 Å². The molecule has 0 heterocycles. The molecule has 8 nitrogen and oxygen atoms in total. The molecule has 2 N–H and O–H groups in total. The maximum Gasteiger partial charge on any atom is 0.457 e. The van der Waals surface area contributed by atoms with Gasteiger partial charge in [-0.05, 0) is 24.3 Å². The van der Waals surface area contributed by atoms with Gasteiger partial charge in [0.15, 0.2) is 0 Å². The van der Waals surface area contributed by atoms with Crippen LogP contribution in [0, 0.1) is 0 Å². The highest BCUT2D eigenvalue weighted by Crippen LogP contribution is 2.07. The van der Waals surface area contributed by atoms with E-state index in [9.17, 15) is 19.2 Å². The highest BCUT2D eigenvalue weighted by Gasteiger charge is 2.33. The van der Waals surface area contributed by atoms with Gasteiger partial charge in [0.25, 0.3) is 11.8 Å². The van der Waals surface area contributed by atoms with Gasteiger partial charge in [0.1, 0.15) is 13.1 Å². The van der Waals surface area contributed by atoms with E-state index >= 15 is 0 Å². The van der Waals surface area contributed by atoms with E-state index in [1.54, 1.807) is 60.7 Å². The van der Waals surface area contributed by atoms with Crippen molar-refractivity contribution in [3.63, 3.8) is 0 Å². The van der Waals surface area contributed by atoms with Crippen LogP contribution in [0.15, 0.2) is 60.7 Å². The molecular formula is C20H22N2O6Si. The number of carbonyl (C=O) groups excluding carboxylic acids is 4. The molecule has 0 atom stereocenters. The predicted octanol–water partition coefficient (Wildman–Crippen LogP) is 1.63. The molecule has 0 saturated heterocycles. The highest BCUT2D eigenvalue weighted by molar-refractivity contribution is 6.67. The zero-order chi connectivity index (χ0) is 21.3. The Kier molecular flexibility index (Phi) is 7.67. The molecule has 2 aromatic rings. The maximum absolute atomic E-state index is 12.0. The van der Waals surface area contributed by atoms with Crippen LogP contribution in [0.5, 0.6) is 0 Å². The summed E-state index contributed by atoms with van der Waals surface area (Å²) in [5.74, 6) is -2.26. The van der Waals surface area contributed by atoms with Gasteiger partial charge in [0.05, 0.1) is 0 Å². The second kappa shape index (κ2) is 10.2. The Morgan fingerprint density at radius 3 is 1.38 bits per heavy atom. The first-order valence-electron chi connectivity index (χ1n) is 8.87. The summed E-state index contributed by atoms with van der Waals surface area (Å²) in [4.78, 5) is 47.8. The van der Waals surface area contributed by atoms with Crippen molar-refractivity contribution in [2.24, 2.45) is 0 Å². The van der Waals surface area contributed by atoms with Crippen molar-refractivity contribution in [1.29, 1.82) is 0 Å². The van der Waals surface area contributed by atoms with Crippen molar-refractivity contribution in [1.82, 2.24) is 10.6 Å². The van der Waals surface area contributed by atoms with Crippen LogP contribution in [0.2, 0.25) is 13.1 Å². The molecule has 0 fully saturated rings. The van der Waals surface area contributed by atoms with E-state index in [2.05, 4.69) is 10.6 Å². The van der Waals surface area contributed by atoms with Crippen LogP contribution in [-0.2, 0) is 18.4 Å². The molecule has 0 aliphatic carbocycles. The second-order valence-corrected chi connectivity index (χ2v) is 9.65. The van der Waals surface area contributed by atoms with Gasteiger partial charge in [-0.25, -0.2) is 0 Å². The predicted molar refractivity (Wildman–Crippen MR) is 107 cm³/mol. The van der Waals surface area contributed by atoms with E-state index < -0.39 is 32.3 Å². The number of nitrogens with one attached hydrogen (secondary N) is 2. The molecule has 0 radical (unpaired) electrons. The van der Waals surface area contributed by atoms with Crippen LogP contribution in [-0.4, -0.2) is 45.4 Å². The summed E-state index contributed by atoms with van der Waals surface area (Å²) in [5, 5.41) is 4.89. The van der Waals surface area contributed by atoms with Crippen LogP contribution in [0.3, 0.4) is 0 Å². The lowest BCUT2D eigenvalue weighted by Gasteiger charge is -2.22. The third-order valence-corrected chi connectivity index (χ3v) is 5.02. The number of hydrogen-bond donors (Lipinski definition) is 2. The maximum atomic E-state index is 12.0. The first kappa shape index (κ1) is 21.8. The van der Waals surface area contributed by atoms with E-state index in [0.717, 1.165) is 0 Å². The highest BCUT2D eigenvalue weighted by atomic mass is 28.4. The molecule has 0 saturated carbocycles. The quantitative estimate of drug-likeness (QED) is 0.635. The Morgan fingerprint density at radius 1 is 0.690 bits per heavy atom. The Morgan fingerprint density at radius 2 is 1.03 bits per heavy atom. The van der Waals surface area contributed by atoms with E-state index in [-0.39, 0.29) is 13.1 Å². The average molecular weight is 414 g/mol. The number of hydrogen-bond acceptors (Lipinski definition) is 6. The Bertz CT molecular complexity index is 800. The average Bonchev–Trinajstić information content (AvgIpc) is 2.70. The number of amides is 2. The lowest BCUT2D eigenvalue weighted by atomic mass is 10.2. The third kappa shape index (κ3) is 7.58. The van der Waals surface area contributed by atoms with Crippen LogP contribution >= 0.6 is 0 Å². The molecule has 0 aliphatic rings. The topological polar surface area (TPSA) is 111 Å². The molecule has 29 heavy (non-hydrogen) atoms. The van der Waals surface area contributed by atoms with Gasteiger partial charge in [-0.15, -0.1) is 0 Å². The molecule has 9 heteroatoms. The van der Waals surface area contributed by atoms with Crippen molar-refractivity contribution < 1.29 is 28.0 Å². The lowest BCUT2D eigenvalue weighted by Crippen LogP contribution is -2.44. The summed E-state index contributed by atoms with van der Waals surface area (Å²) in [6.07, 6.45) is 0. The summed E-state index contributed by atoms with van der Waals surface area (Å²) < 4.78 is 10.4. The molecule has 0 aromatic heterocycles. The van der Waals surface area contributed by atoms with Gasteiger partial charge in [0.2, 0.25) is 0 Å². The molecule has 152 valence electrons. The number of benzene rings is 2. The monoisotopic (exact) mass is 414 g/mol. The minimum absolute atomic E-state index is 0.355. The summed E-state index contributed by atoms with van der Waals surface area (Å²) in [5.41, 5.74) is 0.829. The smallest absolute Gasteiger partial charge is 0.457 e. The van der Waals surface area contributed by atoms with Crippen LogP contribution < -0.4 is 10.6 Å². The van der Waals surface area contributed by atoms with Gasteiger partial charge in [0, 0.05) is 24.2 Å². The summed E-state index contributed by atoms with van der Waals surface area (Å²) in [7, 11) is -3.13. The third-order valence-electron chi connectivity index (χ3n) is 3.58. The fraction of sp³-hybridized carbons (Fsp3) is 0.200. The van der Waals surface area contributed by atoms with E-state index in [1.807, 2.05) is 0 Å². The SMILES string of the molecule is C[Si](C)(OC(=O)CNC(=O)c1ccccc1)OC(=O)CNC(=O)c1ccccc1. The van der Waals surface area contributed by atoms with Crippen molar-refractivity contribution in [3.8, 4) is 0 Å². The normalized spacial score (nSPS) is 10.6. The summed E-state index contributed by atoms with van der Waals surface area (Å²) in [6, 6.07) is 16.8. The van der Waals surface area contributed by atoms with Gasteiger partial charge in [-0.2, -0.15) is 0 Å². The molecule has 0 aliphatic heterocycles. The van der Waals surface area contributed by atoms with Crippen molar-refractivity contribution in [3.05, 3.63) is 71.8 Å². The fourth-order valence-electron chi connectivity index (χ4n) is 2.33. The molecule has 0 bridgehead atoms. The number of rotatable bonds is 8. The first-order chi connectivity index (χ1) is 13.8. The molecule has 0 spiro atoms. The second-order valence-electron chi connectivity index (χ2n) is 6.45. The van der Waals surface area contributed by atoms with E-state index in [4.69, 9.17) is 8.85 Å². The van der Waals surface area contributed by atoms with Crippen LogP contribution in [0.25, 0.3) is 0 Å². The molecule has 2 rings (SSSR count). The number of carbonyl (C=O) groups is 4. The largest absolute Gasteiger partial charge is 0.484 e. The zero-order valence-electron chi connectivity index (χ0n) is 16.1. The van der Waals surface area contributed by atoms with E-state index in [0.29, 0.717) is 11.1 Å². The van der Waals surface area contributed by atoms with Crippen LogP contribution in [0.4, 0.5) is 0 Å². The lowest BCUT2D eigenvalue weighted by molar-refractivity contribution is -0.140. The minimum Gasteiger partial charge on any atom is -0.484 e. The Balaban J connectivity index is 1.75. The first-order valence-corrected chi connectivity index (χ1v) is 11.7. The van der Waals surface area contributed by atoms with E-state index in [1.165, 1.54) is 13.1 Å². The zero-order valence-corrected chi connectivity index (χ0v) is 17.1. The standard InChI is InChI=1S/C20H22N2O6Si/c1-29(2,27-17(23)13-21-19(25)15-9-5-3-6-10-15)28-18(24)14-22-20(26)16-11-7-4-8-12-16/h3-12H,13-14H2,1-2H3,(H,21,25)(H,22,26). The fourth-order valence-corrected chi connectivity index (χ4v) is 3.61. The van der Waals surface area contributed by atoms with Gasteiger partial charge < -0.3 is 19.5 Å². The van der Waals surface area contributed by atoms with Crippen molar-refractivity contribution >= 4 is 32.3 Å². The molecule has 2 aromatic carbocycles. The van der Waals surface area contributed by atoms with Gasteiger partial charge in [-0.1, -0.05) is 36.4 Å². The minimum atomic E-state index is -3.13. The molecule has 0 unspecified atom stereocenters. The van der Waals surface area contributed by atoms with Crippen molar-refractivity contribution in [2.45, 2.75) is 13.1 Å². The van der Waals surface area contributed by atoms with Crippen LogP contribution in [0.1, 0.15) is 20.7 Å². The molecular weight excluding hydrogens is 392 g/mol. The summed E-state index contributed by atoms with van der Waals surface area (Å²) >= 11 is 0. The van der Waals surface area contributed by atoms with Gasteiger partial charge >= 0.3 is 20.5 Å². The Hall–Kier alpha value is -3.46. The van der Waals surface area contributed by atoms with Crippen molar-refractivity contribution in [2.75, 3.05) is 13.1 Å². The van der Waals surface area contributed by atoms with Gasteiger partial charge in [-0.3, -0.25) is 19.2 Å². The molecule has 2 amide bonds.